The predicted molar refractivity (Wildman–Crippen MR) is 127 cm³/mol. The first-order valence-electron chi connectivity index (χ1n) is 12.0. The molecule has 0 bridgehead atoms. The Morgan fingerprint density at radius 2 is 1.83 bits per heavy atom. The van der Waals surface area contributed by atoms with Crippen molar-refractivity contribution in [3.63, 3.8) is 0 Å². The van der Waals surface area contributed by atoms with Crippen LogP contribution in [0.1, 0.15) is 41.6 Å². The van der Waals surface area contributed by atoms with E-state index in [1.165, 1.54) is 0 Å². The minimum Gasteiger partial charge on any atom is -0.484 e. The summed E-state index contributed by atoms with van der Waals surface area (Å²) < 4.78 is 16.6. The fourth-order valence-electron chi connectivity index (χ4n) is 4.46. The highest BCUT2D eigenvalue weighted by atomic mass is 16.5. The van der Waals surface area contributed by atoms with Crippen molar-refractivity contribution < 1.29 is 23.6 Å². The van der Waals surface area contributed by atoms with Gasteiger partial charge in [0, 0.05) is 30.8 Å². The third kappa shape index (κ3) is 5.35. The lowest BCUT2D eigenvalue weighted by atomic mass is 10.0. The highest BCUT2D eigenvalue weighted by molar-refractivity contribution is 5.95. The Hall–Kier alpha value is -3.72. The third-order valence-corrected chi connectivity index (χ3v) is 6.32. The van der Waals surface area contributed by atoms with E-state index in [9.17, 15) is 9.59 Å². The number of hydrogen-bond donors (Lipinski definition) is 0. The molecule has 3 heterocycles. The molecule has 9 nitrogen and oxygen atoms in total. The highest BCUT2D eigenvalue weighted by Gasteiger charge is 2.32. The van der Waals surface area contributed by atoms with Crippen LogP contribution in [0.5, 0.6) is 5.75 Å². The maximum Gasteiger partial charge on any atom is 0.261 e. The zero-order chi connectivity index (χ0) is 24.0. The van der Waals surface area contributed by atoms with Crippen LogP contribution >= 0.6 is 0 Å². The Labute approximate surface area is 203 Å². The quantitative estimate of drug-likeness (QED) is 0.538. The second-order valence-corrected chi connectivity index (χ2v) is 8.64. The van der Waals surface area contributed by atoms with E-state index in [0.717, 1.165) is 19.3 Å². The molecule has 35 heavy (non-hydrogen) atoms. The van der Waals surface area contributed by atoms with Crippen LogP contribution in [0.3, 0.4) is 0 Å². The summed E-state index contributed by atoms with van der Waals surface area (Å²) in [7, 11) is 0. The van der Waals surface area contributed by atoms with Crippen molar-refractivity contribution in [2.75, 3.05) is 39.5 Å². The third-order valence-electron chi connectivity index (χ3n) is 6.32. The summed E-state index contributed by atoms with van der Waals surface area (Å²) in [6.45, 7) is 2.82. The summed E-state index contributed by atoms with van der Waals surface area (Å²) in [5, 5.41) is 4.16. The zero-order valence-electron chi connectivity index (χ0n) is 19.5. The van der Waals surface area contributed by atoms with E-state index in [1.807, 2.05) is 42.5 Å². The number of likely N-dealkylation sites (tertiary alicyclic amines) is 1. The van der Waals surface area contributed by atoms with E-state index < -0.39 is 0 Å². The van der Waals surface area contributed by atoms with Gasteiger partial charge >= 0.3 is 0 Å². The largest absolute Gasteiger partial charge is 0.484 e. The van der Waals surface area contributed by atoms with Crippen LogP contribution in [0.2, 0.25) is 0 Å². The number of aromatic nitrogens is 2. The average Bonchev–Trinajstić information content (AvgIpc) is 3.43. The zero-order valence-corrected chi connectivity index (χ0v) is 19.5. The second-order valence-electron chi connectivity index (χ2n) is 8.64. The van der Waals surface area contributed by atoms with E-state index in [-0.39, 0.29) is 24.5 Å². The van der Waals surface area contributed by atoms with Crippen molar-refractivity contribution in [2.24, 2.45) is 0 Å². The number of carbonyl (C=O) groups excluding carboxylic acids is 2. The van der Waals surface area contributed by atoms with Crippen molar-refractivity contribution in [1.82, 2.24) is 19.9 Å². The van der Waals surface area contributed by atoms with Crippen molar-refractivity contribution in [3.05, 3.63) is 66.1 Å². The van der Waals surface area contributed by atoms with Gasteiger partial charge in [-0.2, -0.15) is 4.98 Å². The van der Waals surface area contributed by atoms with Crippen molar-refractivity contribution in [1.29, 1.82) is 0 Å². The molecule has 0 aliphatic carbocycles. The molecule has 2 amide bonds. The molecule has 2 aromatic carbocycles. The Kier molecular flexibility index (Phi) is 7.04. The van der Waals surface area contributed by atoms with E-state index >= 15 is 0 Å². The smallest absolute Gasteiger partial charge is 0.261 e. The van der Waals surface area contributed by atoms with Gasteiger partial charge in [-0.15, -0.1) is 0 Å². The van der Waals surface area contributed by atoms with Crippen LogP contribution in [0.4, 0.5) is 0 Å². The molecule has 182 valence electrons. The first-order valence-corrected chi connectivity index (χ1v) is 12.0. The lowest BCUT2D eigenvalue weighted by Crippen LogP contribution is -2.41. The predicted octanol–water partition coefficient (Wildman–Crippen LogP) is 3.34. The molecule has 3 aromatic rings. The number of rotatable bonds is 6. The molecule has 9 heteroatoms. The van der Waals surface area contributed by atoms with Crippen LogP contribution in [-0.2, 0) is 9.53 Å². The maximum absolute atomic E-state index is 13.0. The molecule has 0 N–H and O–H groups in total. The van der Waals surface area contributed by atoms with Gasteiger partial charge in [0.2, 0.25) is 11.7 Å². The number of benzene rings is 2. The fraction of sp³-hybridized carbons (Fsp3) is 0.385. The summed E-state index contributed by atoms with van der Waals surface area (Å²) >= 11 is 0. The van der Waals surface area contributed by atoms with E-state index in [2.05, 4.69) is 10.1 Å². The lowest BCUT2D eigenvalue weighted by Gasteiger charge is -2.33. The van der Waals surface area contributed by atoms with Gasteiger partial charge in [0.25, 0.3) is 11.8 Å². The average molecular weight is 477 g/mol. The number of para-hydroxylation sites is 1. The van der Waals surface area contributed by atoms with Gasteiger partial charge in [0.05, 0.1) is 13.2 Å². The maximum atomic E-state index is 13.0. The molecule has 2 fully saturated rings. The number of carbonyl (C=O) groups is 2. The molecule has 2 saturated heterocycles. The lowest BCUT2D eigenvalue weighted by molar-refractivity contribution is -0.138. The molecule has 1 unspecified atom stereocenters. The van der Waals surface area contributed by atoms with E-state index in [4.69, 9.17) is 14.0 Å². The standard InChI is InChI=1S/C26H28N4O5/c31-23(18-34-21-9-2-1-3-10-21)30-12-5-4-11-22(30)25-27-24(28-35-25)19-7-6-8-20(17-19)26(32)29-13-15-33-16-14-29/h1-3,6-10,17,22H,4-5,11-16,18H2. The SMILES string of the molecule is O=C(c1cccc(-c2noc(C3CCCCN3C(=O)COc3ccccc3)n2)c1)N1CCOCC1. The molecule has 2 aliphatic heterocycles. The van der Waals surface area contributed by atoms with E-state index in [1.54, 1.807) is 21.9 Å². The van der Waals surface area contributed by atoms with Gasteiger partial charge in [-0.25, -0.2) is 0 Å². The van der Waals surface area contributed by atoms with Gasteiger partial charge in [-0.3, -0.25) is 9.59 Å². The van der Waals surface area contributed by atoms with Gasteiger partial charge in [-0.1, -0.05) is 35.5 Å². The van der Waals surface area contributed by atoms with Crippen LogP contribution in [0.15, 0.2) is 59.1 Å². The summed E-state index contributed by atoms with van der Waals surface area (Å²) in [5.41, 5.74) is 1.27. The molecular weight excluding hydrogens is 448 g/mol. The topological polar surface area (TPSA) is 98.0 Å². The van der Waals surface area contributed by atoms with Crippen LogP contribution in [-0.4, -0.2) is 71.2 Å². The molecule has 5 rings (SSSR count). The second kappa shape index (κ2) is 10.7. The number of hydrogen-bond acceptors (Lipinski definition) is 7. The fourth-order valence-corrected chi connectivity index (χ4v) is 4.46. The van der Waals surface area contributed by atoms with E-state index in [0.29, 0.717) is 61.4 Å². The molecule has 2 aliphatic rings. The number of nitrogens with zero attached hydrogens (tertiary/aromatic N) is 4. The van der Waals surface area contributed by atoms with Crippen molar-refractivity contribution in [2.45, 2.75) is 25.3 Å². The summed E-state index contributed by atoms with van der Waals surface area (Å²) in [6, 6.07) is 16.2. The monoisotopic (exact) mass is 476 g/mol. The first-order chi connectivity index (χ1) is 17.2. The number of amides is 2. The minimum atomic E-state index is -0.296. The highest BCUT2D eigenvalue weighted by Crippen LogP contribution is 2.31. The molecule has 0 saturated carbocycles. The van der Waals surface area contributed by atoms with Crippen LogP contribution < -0.4 is 4.74 Å². The van der Waals surface area contributed by atoms with Gasteiger partial charge in [-0.05, 0) is 43.5 Å². The number of piperidine rings is 1. The van der Waals surface area contributed by atoms with Gasteiger partial charge in [0.15, 0.2) is 6.61 Å². The Morgan fingerprint density at radius 3 is 2.66 bits per heavy atom. The Balaban J connectivity index is 1.29. The summed E-state index contributed by atoms with van der Waals surface area (Å²) in [6.07, 6.45) is 2.63. The van der Waals surface area contributed by atoms with Gasteiger partial charge < -0.3 is 23.8 Å². The van der Waals surface area contributed by atoms with Crippen LogP contribution in [0, 0.1) is 0 Å². The summed E-state index contributed by atoms with van der Waals surface area (Å²) in [5.74, 6) is 1.30. The Bertz CT molecular complexity index is 1160. The van der Waals surface area contributed by atoms with Crippen molar-refractivity contribution >= 4 is 11.8 Å². The molecule has 1 atom stereocenters. The molecule has 0 spiro atoms. The minimum absolute atomic E-state index is 0.0404. The number of ether oxygens (including phenoxy) is 2. The molecule has 1 aromatic heterocycles. The first kappa shape index (κ1) is 23.0. The Morgan fingerprint density at radius 1 is 1.00 bits per heavy atom. The number of morpholine rings is 1. The van der Waals surface area contributed by atoms with Crippen molar-refractivity contribution in [3.8, 4) is 17.1 Å². The summed E-state index contributed by atoms with van der Waals surface area (Å²) in [4.78, 5) is 34.0. The normalized spacial score (nSPS) is 18.3. The van der Waals surface area contributed by atoms with Crippen LogP contribution in [0.25, 0.3) is 11.4 Å². The van der Waals surface area contributed by atoms with Gasteiger partial charge in [0.1, 0.15) is 11.8 Å². The molecular formula is C26H28N4O5. The molecule has 0 radical (unpaired) electrons.